The third-order valence-corrected chi connectivity index (χ3v) is 4.01. The molecule has 3 rings (SSSR count). The van der Waals surface area contributed by atoms with Crippen LogP contribution in [0.4, 0.5) is 10.1 Å². The van der Waals surface area contributed by atoms with Gasteiger partial charge >= 0.3 is 0 Å². The van der Waals surface area contributed by atoms with Crippen LogP contribution in [0.25, 0.3) is 0 Å². The van der Waals surface area contributed by atoms with E-state index in [-0.39, 0.29) is 11.7 Å². The van der Waals surface area contributed by atoms with Gasteiger partial charge in [-0.05, 0) is 42.7 Å². The summed E-state index contributed by atoms with van der Waals surface area (Å²) in [5.74, 6) is -0.549. The highest BCUT2D eigenvalue weighted by Crippen LogP contribution is 2.40. The summed E-state index contributed by atoms with van der Waals surface area (Å²) >= 11 is 0. The fourth-order valence-corrected chi connectivity index (χ4v) is 2.82. The summed E-state index contributed by atoms with van der Waals surface area (Å²) in [6.07, 6.45) is 0.404. The van der Waals surface area contributed by atoms with Crippen molar-refractivity contribution in [3.05, 3.63) is 65.0 Å². The van der Waals surface area contributed by atoms with Crippen LogP contribution >= 0.6 is 0 Å². The van der Waals surface area contributed by atoms with E-state index in [4.69, 9.17) is 0 Å². The summed E-state index contributed by atoms with van der Waals surface area (Å²) < 4.78 is 13.3. The Morgan fingerprint density at radius 1 is 1.29 bits per heavy atom. The zero-order valence-electron chi connectivity index (χ0n) is 11.5. The molecule has 0 saturated heterocycles. The number of carbonyl (C=O) groups is 1. The average Bonchev–Trinajstić information content (AvgIpc) is 2.70. The Balaban J connectivity index is 2.06. The van der Waals surface area contributed by atoms with Crippen molar-refractivity contribution in [2.75, 3.05) is 5.32 Å². The summed E-state index contributed by atoms with van der Waals surface area (Å²) in [5, 5.41) is 11.9. The van der Waals surface area contributed by atoms with E-state index in [2.05, 4.69) is 11.4 Å². The first-order chi connectivity index (χ1) is 10.0. The molecule has 1 aliphatic heterocycles. The van der Waals surface area contributed by atoms with Gasteiger partial charge in [0.1, 0.15) is 5.82 Å². The average molecular weight is 280 g/mol. The van der Waals surface area contributed by atoms with Crippen molar-refractivity contribution in [3.63, 3.8) is 0 Å². The van der Waals surface area contributed by atoms with E-state index >= 15 is 0 Å². The number of halogens is 1. The van der Waals surface area contributed by atoms with Crippen molar-refractivity contribution in [2.24, 2.45) is 0 Å². The summed E-state index contributed by atoms with van der Waals surface area (Å²) in [6, 6.07) is 13.7. The maximum Gasteiger partial charge on any atom is 0.235 e. The van der Waals surface area contributed by atoms with Crippen LogP contribution < -0.4 is 5.32 Å². The highest BCUT2D eigenvalue weighted by molar-refractivity contribution is 6.06. The van der Waals surface area contributed by atoms with Gasteiger partial charge in [0, 0.05) is 5.69 Å². The van der Waals surface area contributed by atoms with Crippen LogP contribution in [0.15, 0.2) is 42.5 Å². The molecule has 1 N–H and O–H groups in total. The lowest BCUT2D eigenvalue weighted by Gasteiger charge is -2.22. The van der Waals surface area contributed by atoms with E-state index in [9.17, 15) is 14.4 Å². The van der Waals surface area contributed by atoms with Crippen LogP contribution in [0.1, 0.15) is 23.6 Å². The predicted octanol–water partition coefficient (Wildman–Crippen LogP) is 3.15. The standard InChI is InChI=1S/C17H13FN2O/c1-17(9-11-4-2-3-5-12(11)10-19)14-7-6-13(18)8-15(14)20-16(17)21/h2-8H,9H2,1H3,(H,20,21). The summed E-state index contributed by atoms with van der Waals surface area (Å²) in [6.45, 7) is 1.82. The number of hydrogen-bond acceptors (Lipinski definition) is 2. The summed E-state index contributed by atoms with van der Waals surface area (Å²) in [5.41, 5.74) is 1.85. The van der Waals surface area contributed by atoms with Gasteiger partial charge in [-0.2, -0.15) is 5.26 Å². The first-order valence-corrected chi connectivity index (χ1v) is 6.64. The van der Waals surface area contributed by atoms with Crippen molar-refractivity contribution in [1.29, 1.82) is 5.26 Å². The molecule has 0 bridgehead atoms. The van der Waals surface area contributed by atoms with Crippen molar-refractivity contribution < 1.29 is 9.18 Å². The second-order valence-electron chi connectivity index (χ2n) is 5.42. The second kappa shape index (κ2) is 4.71. The molecule has 0 aromatic heterocycles. The molecule has 0 saturated carbocycles. The monoisotopic (exact) mass is 280 g/mol. The number of hydrogen-bond donors (Lipinski definition) is 1. The molecule has 0 aliphatic carbocycles. The molecular weight excluding hydrogens is 267 g/mol. The number of anilines is 1. The van der Waals surface area contributed by atoms with Gasteiger partial charge in [0.2, 0.25) is 5.91 Å². The van der Waals surface area contributed by atoms with Crippen LogP contribution in [0.5, 0.6) is 0 Å². The minimum Gasteiger partial charge on any atom is -0.325 e. The number of fused-ring (bicyclic) bond motifs is 1. The van der Waals surface area contributed by atoms with E-state index in [0.717, 1.165) is 11.1 Å². The zero-order chi connectivity index (χ0) is 15.0. The molecule has 0 spiro atoms. The second-order valence-corrected chi connectivity index (χ2v) is 5.42. The quantitative estimate of drug-likeness (QED) is 0.918. The molecule has 1 amide bonds. The Morgan fingerprint density at radius 2 is 2.05 bits per heavy atom. The number of nitrogens with zero attached hydrogens (tertiary/aromatic N) is 1. The van der Waals surface area contributed by atoms with Gasteiger partial charge in [0.15, 0.2) is 0 Å². The van der Waals surface area contributed by atoms with E-state index in [1.165, 1.54) is 12.1 Å². The fourth-order valence-electron chi connectivity index (χ4n) is 2.82. The maximum absolute atomic E-state index is 13.3. The Labute approximate surface area is 122 Å². The summed E-state index contributed by atoms with van der Waals surface area (Å²) in [4.78, 5) is 12.4. The van der Waals surface area contributed by atoms with Gasteiger partial charge in [-0.1, -0.05) is 24.3 Å². The van der Waals surface area contributed by atoms with Gasteiger partial charge < -0.3 is 5.32 Å². The molecule has 1 aliphatic rings. The van der Waals surface area contributed by atoms with E-state index < -0.39 is 5.41 Å². The highest BCUT2D eigenvalue weighted by atomic mass is 19.1. The smallest absolute Gasteiger partial charge is 0.235 e. The number of benzene rings is 2. The molecule has 4 heteroatoms. The van der Waals surface area contributed by atoms with Crippen LogP contribution in [-0.2, 0) is 16.6 Å². The number of carbonyl (C=O) groups excluding carboxylic acids is 1. The molecule has 21 heavy (non-hydrogen) atoms. The molecule has 0 radical (unpaired) electrons. The van der Waals surface area contributed by atoms with E-state index in [1.807, 2.05) is 19.1 Å². The lowest BCUT2D eigenvalue weighted by molar-refractivity contribution is -0.120. The van der Waals surface area contributed by atoms with Crippen LogP contribution in [0.3, 0.4) is 0 Å². The van der Waals surface area contributed by atoms with Gasteiger partial charge in [0.25, 0.3) is 0 Å². The van der Waals surface area contributed by atoms with Crippen molar-refractivity contribution in [1.82, 2.24) is 0 Å². The first kappa shape index (κ1) is 13.3. The number of nitriles is 1. The molecule has 3 nitrogen and oxygen atoms in total. The molecule has 0 fully saturated rings. The molecule has 1 unspecified atom stereocenters. The number of nitrogens with one attached hydrogen (secondary N) is 1. The van der Waals surface area contributed by atoms with Crippen molar-refractivity contribution in [3.8, 4) is 6.07 Å². The third-order valence-electron chi connectivity index (χ3n) is 4.01. The van der Waals surface area contributed by atoms with Crippen LogP contribution in [-0.4, -0.2) is 5.91 Å². The summed E-state index contributed by atoms with van der Waals surface area (Å²) in [7, 11) is 0. The Morgan fingerprint density at radius 3 is 2.81 bits per heavy atom. The number of amides is 1. The minimum atomic E-state index is -0.796. The largest absolute Gasteiger partial charge is 0.325 e. The number of rotatable bonds is 2. The molecule has 2 aromatic carbocycles. The van der Waals surface area contributed by atoms with E-state index in [0.29, 0.717) is 17.7 Å². The van der Waals surface area contributed by atoms with Gasteiger partial charge in [-0.25, -0.2) is 4.39 Å². The van der Waals surface area contributed by atoms with E-state index in [1.54, 1.807) is 18.2 Å². The topological polar surface area (TPSA) is 52.9 Å². The molecule has 104 valence electrons. The van der Waals surface area contributed by atoms with Gasteiger partial charge in [0.05, 0.1) is 17.0 Å². The highest BCUT2D eigenvalue weighted by Gasteiger charge is 2.43. The third kappa shape index (κ3) is 2.07. The lowest BCUT2D eigenvalue weighted by atomic mass is 9.77. The molecule has 1 atom stereocenters. The Hall–Kier alpha value is -2.67. The minimum absolute atomic E-state index is 0.171. The van der Waals surface area contributed by atoms with Crippen molar-refractivity contribution in [2.45, 2.75) is 18.8 Å². The predicted molar refractivity (Wildman–Crippen MR) is 77.2 cm³/mol. The van der Waals surface area contributed by atoms with Gasteiger partial charge in [-0.3, -0.25) is 4.79 Å². The zero-order valence-corrected chi connectivity index (χ0v) is 11.5. The normalized spacial score (nSPS) is 19.8. The lowest BCUT2D eigenvalue weighted by Crippen LogP contribution is -2.33. The molecule has 1 heterocycles. The molecule has 2 aromatic rings. The fraction of sp³-hybridized carbons (Fsp3) is 0.176. The molecular formula is C17H13FN2O. The van der Waals surface area contributed by atoms with Crippen LogP contribution in [0.2, 0.25) is 0 Å². The Kier molecular flexibility index (Phi) is 2.99. The Bertz CT molecular complexity index is 779. The van der Waals surface area contributed by atoms with Gasteiger partial charge in [-0.15, -0.1) is 0 Å². The first-order valence-electron chi connectivity index (χ1n) is 6.64. The van der Waals surface area contributed by atoms with Crippen LogP contribution in [0, 0.1) is 17.1 Å². The maximum atomic E-state index is 13.3. The SMILES string of the molecule is CC1(Cc2ccccc2C#N)C(=O)Nc2cc(F)ccc21. The van der Waals surface area contributed by atoms with Crippen molar-refractivity contribution >= 4 is 11.6 Å².